The number of nitrogens with zero attached hydrogens (tertiary/aromatic N) is 1. The molecule has 1 unspecified atom stereocenters. The largest absolute Gasteiger partial charge is 0.315 e. The number of hydrogen-bond donors (Lipinski definition) is 1. The van der Waals surface area contributed by atoms with Crippen LogP contribution in [0.5, 0.6) is 0 Å². The summed E-state index contributed by atoms with van der Waals surface area (Å²) in [5.74, 6) is 0.206. The van der Waals surface area contributed by atoms with Crippen molar-refractivity contribution < 1.29 is 8.42 Å². The SMILES string of the molecule is CCN(C1CCNC1)S(=O)(=O)CC. The summed E-state index contributed by atoms with van der Waals surface area (Å²) in [5.41, 5.74) is 0. The van der Waals surface area contributed by atoms with Crippen molar-refractivity contribution in [1.29, 1.82) is 0 Å². The molecule has 0 amide bonds. The summed E-state index contributed by atoms with van der Waals surface area (Å²) in [6, 6.07) is 0.176. The van der Waals surface area contributed by atoms with E-state index in [1.165, 1.54) is 0 Å². The lowest BCUT2D eigenvalue weighted by Gasteiger charge is -2.25. The van der Waals surface area contributed by atoms with Gasteiger partial charge in [0.2, 0.25) is 10.0 Å². The molecule has 1 aliphatic rings. The van der Waals surface area contributed by atoms with Crippen LogP contribution in [0.4, 0.5) is 0 Å². The first-order valence-electron chi connectivity index (χ1n) is 4.82. The molecule has 1 atom stereocenters. The van der Waals surface area contributed by atoms with Gasteiger partial charge in [0.25, 0.3) is 0 Å². The zero-order chi connectivity index (χ0) is 9.90. The maximum Gasteiger partial charge on any atom is 0.214 e. The summed E-state index contributed by atoms with van der Waals surface area (Å²) < 4.78 is 24.8. The number of sulfonamides is 1. The van der Waals surface area contributed by atoms with Crippen molar-refractivity contribution in [1.82, 2.24) is 9.62 Å². The van der Waals surface area contributed by atoms with Crippen LogP contribution in [0.3, 0.4) is 0 Å². The van der Waals surface area contributed by atoms with Gasteiger partial charge in [-0.05, 0) is 19.9 Å². The van der Waals surface area contributed by atoms with Gasteiger partial charge in [-0.1, -0.05) is 6.92 Å². The lowest BCUT2D eigenvalue weighted by atomic mass is 10.3. The number of likely N-dealkylation sites (N-methyl/N-ethyl adjacent to an activating group) is 1. The topological polar surface area (TPSA) is 49.4 Å². The highest BCUT2D eigenvalue weighted by molar-refractivity contribution is 7.89. The van der Waals surface area contributed by atoms with E-state index in [4.69, 9.17) is 0 Å². The third-order valence-corrected chi connectivity index (χ3v) is 4.48. The van der Waals surface area contributed by atoms with Gasteiger partial charge >= 0.3 is 0 Å². The first-order valence-corrected chi connectivity index (χ1v) is 6.43. The number of rotatable bonds is 4. The molecular weight excluding hydrogens is 188 g/mol. The molecule has 1 heterocycles. The minimum Gasteiger partial charge on any atom is -0.315 e. The Morgan fingerprint density at radius 3 is 2.54 bits per heavy atom. The highest BCUT2D eigenvalue weighted by Gasteiger charge is 2.28. The van der Waals surface area contributed by atoms with Crippen LogP contribution in [0, 0.1) is 0 Å². The fourth-order valence-electron chi connectivity index (χ4n) is 1.73. The molecule has 13 heavy (non-hydrogen) atoms. The van der Waals surface area contributed by atoms with Gasteiger partial charge in [0.1, 0.15) is 0 Å². The maximum atomic E-state index is 11.6. The van der Waals surface area contributed by atoms with Crippen LogP contribution in [-0.4, -0.2) is 44.2 Å². The van der Waals surface area contributed by atoms with Crippen molar-refractivity contribution in [2.75, 3.05) is 25.4 Å². The zero-order valence-corrected chi connectivity index (χ0v) is 9.10. The average molecular weight is 206 g/mol. The average Bonchev–Trinajstić information content (AvgIpc) is 2.58. The molecule has 0 aromatic carbocycles. The van der Waals surface area contributed by atoms with Crippen molar-refractivity contribution in [2.45, 2.75) is 26.3 Å². The standard InChI is InChI=1S/C8H18N2O2S/c1-3-10(13(11,12)4-2)8-5-6-9-7-8/h8-9H,3-7H2,1-2H3. The predicted molar refractivity (Wildman–Crippen MR) is 53.1 cm³/mol. The maximum absolute atomic E-state index is 11.6. The molecule has 1 N–H and O–H groups in total. The number of hydrogen-bond acceptors (Lipinski definition) is 3. The Morgan fingerprint density at radius 1 is 1.46 bits per heavy atom. The van der Waals surface area contributed by atoms with Crippen LogP contribution >= 0.6 is 0 Å². The zero-order valence-electron chi connectivity index (χ0n) is 8.28. The highest BCUT2D eigenvalue weighted by atomic mass is 32.2. The molecule has 0 bridgehead atoms. The second-order valence-electron chi connectivity index (χ2n) is 3.25. The minimum atomic E-state index is -3.00. The third kappa shape index (κ3) is 2.42. The lowest BCUT2D eigenvalue weighted by Crippen LogP contribution is -2.42. The summed E-state index contributed by atoms with van der Waals surface area (Å²) in [5, 5.41) is 3.18. The van der Waals surface area contributed by atoms with Crippen molar-refractivity contribution in [2.24, 2.45) is 0 Å². The quantitative estimate of drug-likeness (QED) is 0.705. The highest BCUT2D eigenvalue weighted by Crippen LogP contribution is 2.13. The molecule has 5 heteroatoms. The molecule has 1 fully saturated rings. The molecule has 1 rings (SSSR count). The second-order valence-corrected chi connectivity index (χ2v) is 5.46. The fraction of sp³-hybridized carbons (Fsp3) is 1.00. The van der Waals surface area contributed by atoms with E-state index in [2.05, 4.69) is 5.32 Å². The Balaban J connectivity index is 2.71. The van der Waals surface area contributed by atoms with Gasteiger partial charge in [-0.15, -0.1) is 0 Å². The Hall–Kier alpha value is -0.130. The summed E-state index contributed by atoms with van der Waals surface area (Å²) in [6.07, 6.45) is 0.938. The Bertz CT molecular complexity index is 245. The van der Waals surface area contributed by atoms with Crippen molar-refractivity contribution >= 4 is 10.0 Å². The van der Waals surface area contributed by atoms with Crippen LogP contribution in [0.25, 0.3) is 0 Å². The molecule has 4 nitrogen and oxygen atoms in total. The van der Waals surface area contributed by atoms with E-state index >= 15 is 0 Å². The van der Waals surface area contributed by atoms with Crippen LogP contribution in [-0.2, 0) is 10.0 Å². The Kier molecular flexibility index (Phi) is 3.70. The normalized spacial score (nSPS) is 24.1. The molecular formula is C8H18N2O2S. The van der Waals surface area contributed by atoms with Gasteiger partial charge in [-0.25, -0.2) is 8.42 Å². The minimum absolute atomic E-state index is 0.176. The molecule has 78 valence electrons. The van der Waals surface area contributed by atoms with Crippen LogP contribution < -0.4 is 5.32 Å². The van der Waals surface area contributed by atoms with Gasteiger partial charge in [-0.2, -0.15) is 4.31 Å². The van der Waals surface area contributed by atoms with Crippen molar-refractivity contribution in [3.05, 3.63) is 0 Å². The summed E-state index contributed by atoms with van der Waals surface area (Å²) in [6.45, 7) is 5.90. The van der Waals surface area contributed by atoms with E-state index in [0.717, 1.165) is 19.5 Å². The molecule has 0 aromatic rings. The summed E-state index contributed by atoms with van der Waals surface area (Å²) in [4.78, 5) is 0. The van der Waals surface area contributed by atoms with E-state index in [-0.39, 0.29) is 11.8 Å². The molecule has 1 aliphatic heterocycles. The third-order valence-electron chi connectivity index (χ3n) is 2.48. The van der Waals surface area contributed by atoms with E-state index in [1.54, 1.807) is 11.2 Å². The first-order chi connectivity index (χ1) is 6.11. The van der Waals surface area contributed by atoms with Crippen molar-refractivity contribution in [3.8, 4) is 0 Å². The lowest BCUT2D eigenvalue weighted by molar-refractivity contribution is 0.349. The fourth-order valence-corrected chi connectivity index (χ4v) is 3.09. The monoisotopic (exact) mass is 206 g/mol. The van der Waals surface area contributed by atoms with Crippen molar-refractivity contribution in [3.63, 3.8) is 0 Å². The van der Waals surface area contributed by atoms with E-state index < -0.39 is 10.0 Å². The number of nitrogens with one attached hydrogen (secondary N) is 1. The van der Waals surface area contributed by atoms with E-state index in [1.807, 2.05) is 6.92 Å². The van der Waals surface area contributed by atoms with Gasteiger partial charge in [-0.3, -0.25) is 0 Å². The van der Waals surface area contributed by atoms with Crippen LogP contribution in [0.1, 0.15) is 20.3 Å². The Labute approximate surface area is 80.4 Å². The van der Waals surface area contributed by atoms with Gasteiger partial charge < -0.3 is 5.32 Å². The smallest absolute Gasteiger partial charge is 0.214 e. The summed E-state index contributed by atoms with van der Waals surface area (Å²) >= 11 is 0. The van der Waals surface area contributed by atoms with Gasteiger partial charge in [0.15, 0.2) is 0 Å². The molecule has 0 radical (unpaired) electrons. The summed E-state index contributed by atoms with van der Waals surface area (Å²) in [7, 11) is -3.00. The molecule has 1 saturated heterocycles. The Morgan fingerprint density at radius 2 is 2.15 bits per heavy atom. The molecule has 0 aliphatic carbocycles. The van der Waals surface area contributed by atoms with Gasteiger partial charge in [0.05, 0.1) is 5.75 Å². The predicted octanol–water partition coefficient (Wildman–Crippen LogP) is 0.0199. The van der Waals surface area contributed by atoms with Crippen LogP contribution in [0.15, 0.2) is 0 Å². The second kappa shape index (κ2) is 4.39. The van der Waals surface area contributed by atoms with E-state index in [9.17, 15) is 8.42 Å². The van der Waals surface area contributed by atoms with Crippen LogP contribution in [0.2, 0.25) is 0 Å². The van der Waals surface area contributed by atoms with Gasteiger partial charge in [0, 0.05) is 19.1 Å². The molecule has 0 aromatic heterocycles. The first kappa shape index (κ1) is 10.9. The molecule has 0 saturated carbocycles. The van der Waals surface area contributed by atoms with E-state index in [0.29, 0.717) is 6.54 Å². The molecule has 0 spiro atoms.